The maximum Gasteiger partial charge on any atom is 0.282 e. The molecule has 2 rings (SSSR count). The first-order chi connectivity index (χ1) is 11.5. The van der Waals surface area contributed by atoms with Gasteiger partial charge in [-0.2, -0.15) is 5.26 Å². The summed E-state index contributed by atoms with van der Waals surface area (Å²) >= 11 is 0. The number of carbonyl (C=O) groups excluding carboxylic acids is 1. The van der Waals surface area contributed by atoms with Crippen LogP contribution < -0.4 is 10.6 Å². The van der Waals surface area contributed by atoms with E-state index in [-0.39, 0.29) is 18.0 Å². The molecule has 0 aliphatic carbocycles. The van der Waals surface area contributed by atoms with Gasteiger partial charge in [-0.05, 0) is 19.1 Å². The van der Waals surface area contributed by atoms with Crippen molar-refractivity contribution in [3.8, 4) is 6.07 Å². The van der Waals surface area contributed by atoms with Gasteiger partial charge in [0.1, 0.15) is 12.1 Å². The Bertz CT molecular complexity index is 719. The molecule has 0 saturated heterocycles. The Morgan fingerprint density at radius 3 is 2.29 bits per heavy atom. The monoisotopic (exact) mass is 322 g/mol. The molecule has 4 heteroatoms. The first kappa shape index (κ1) is 17.7. The van der Waals surface area contributed by atoms with Crippen molar-refractivity contribution in [2.75, 3.05) is 5.32 Å². The molecule has 0 aliphatic rings. The van der Waals surface area contributed by atoms with E-state index in [4.69, 9.17) is 5.26 Å². The second kappa shape index (κ2) is 8.28. The fraction of sp³-hybridized carbons (Fsp3) is 0.300. The number of nitrogens with two attached hydrogens (primary N) is 1. The fourth-order valence-electron chi connectivity index (χ4n) is 2.73. The number of nitrogens with zero attached hydrogens (tertiary/aromatic N) is 1. The predicted octanol–water partition coefficient (Wildman–Crippen LogP) is 2.85. The van der Waals surface area contributed by atoms with Gasteiger partial charge in [-0.3, -0.25) is 4.79 Å². The van der Waals surface area contributed by atoms with Crippen LogP contribution in [-0.4, -0.2) is 11.9 Å². The van der Waals surface area contributed by atoms with E-state index < -0.39 is 0 Å². The van der Waals surface area contributed by atoms with Crippen LogP contribution in [0, 0.1) is 17.2 Å². The van der Waals surface area contributed by atoms with E-state index in [1.807, 2.05) is 31.2 Å². The van der Waals surface area contributed by atoms with Gasteiger partial charge in [0.2, 0.25) is 0 Å². The van der Waals surface area contributed by atoms with Gasteiger partial charge in [0.05, 0.1) is 11.3 Å². The lowest BCUT2D eigenvalue weighted by atomic mass is 9.95. The van der Waals surface area contributed by atoms with Crippen molar-refractivity contribution in [2.24, 2.45) is 5.92 Å². The number of nitrogens with one attached hydrogen (secondary N) is 1. The lowest BCUT2D eigenvalue weighted by molar-refractivity contribution is -0.718. The van der Waals surface area contributed by atoms with Crippen LogP contribution in [-0.2, 0) is 4.79 Å². The van der Waals surface area contributed by atoms with Crippen LogP contribution >= 0.6 is 0 Å². The summed E-state index contributed by atoms with van der Waals surface area (Å²) in [6.45, 7) is 6.20. The third kappa shape index (κ3) is 4.43. The van der Waals surface area contributed by atoms with E-state index in [2.05, 4.69) is 42.7 Å². The maximum atomic E-state index is 12.5. The SMILES string of the molecule is CC(C)[C@@H]([NH2+][C@H](C)C(=O)Nc1ccccc1C#N)c1ccccc1. The number of carbonyl (C=O) groups is 1. The molecule has 0 unspecified atom stereocenters. The molecule has 0 bridgehead atoms. The summed E-state index contributed by atoms with van der Waals surface area (Å²) < 4.78 is 0. The van der Waals surface area contributed by atoms with E-state index in [0.29, 0.717) is 17.2 Å². The first-order valence-corrected chi connectivity index (χ1v) is 8.23. The van der Waals surface area contributed by atoms with Gasteiger partial charge >= 0.3 is 0 Å². The number of para-hydroxylation sites is 1. The van der Waals surface area contributed by atoms with Crippen molar-refractivity contribution < 1.29 is 10.1 Å². The summed E-state index contributed by atoms with van der Waals surface area (Å²) in [5.41, 5.74) is 2.25. The van der Waals surface area contributed by atoms with E-state index in [9.17, 15) is 4.79 Å². The van der Waals surface area contributed by atoms with Crippen molar-refractivity contribution in [2.45, 2.75) is 32.9 Å². The highest BCUT2D eigenvalue weighted by Gasteiger charge is 2.26. The molecule has 4 nitrogen and oxygen atoms in total. The summed E-state index contributed by atoms with van der Waals surface area (Å²) in [5.74, 6) is 0.299. The zero-order valence-corrected chi connectivity index (χ0v) is 14.4. The minimum Gasteiger partial charge on any atom is -0.330 e. The second-order valence-corrected chi connectivity index (χ2v) is 6.31. The molecule has 1 amide bonds. The Balaban J connectivity index is 2.08. The molecular formula is C20H24N3O+. The molecule has 2 aromatic rings. The number of nitriles is 1. The maximum absolute atomic E-state index is 12.5. The minimum absolute atomic E-state index is 0.0979. The molecule has 0 radical (unpaired) electrons. The predicted molar refractivity (Wildman–Crippen MR) is 95.2 cm³/mol. The number of hydrogen-bond acceptors (Lipinski definition) is 2. The Morgan fingerprint density at radius 2 is 1.67 bits per heavy atom. The van der Waals surface area contributed by atoms with Crippen molar-refractivity contribution in [1.82, 2.24) is 0 Å². The summed E-state index contributed by atoms with van der Waals surface area (Å²) in [4.78, 5) is 12.5. The summed E-state index contributed by atoms with van der Waals surface area (Å²) in [5, 5.41) is 14.1. The van der Waals surface area contributed by atoms with Crippen LogP contribution in [0.4, 0.5) is 5.69 Å². The topological polar surface area (TPSA) is 69.5 Å². The zero-order valence-electron chi connectivity index (χ0n) is 14.4. The van der Waals surface area contributed by atoms with Crippen molar-refractivity contribution in [1.29, 1.82) is 5.26 Å². The lowest BCUT2D eigenvalue weighted by Crippen LogP contribution is -2.93. The molecule has 0 saturated carbocycles. The number of rotatable bonds is 6. The first-order valence-electron chi connectivity index (χ1n) is 8.23. The van der Waals surface area contributed by atoms with Crippen molar-refractivity contribution in [3.05, 3.63) is 65.7 Å². The summed E-state index contributed by atoms with van der Waals surface area (Å²) in [6, 6.07) is 19.3. The van der Waals surface area contributed by atoms with Gasteiger partial charge in [-0.1, -0.05) is 56.3 Å². The molecule has 2 atom stereocenters. The van der Waals surface area contributed by atoms with E-state index in [1.165, 1.54) is 5.56 Å². The zero-order chi connectivity index (χ0) is 17.5. The Hall–Kier alpha value is -2.64. The van der Waals surface area contributed by atoms with Crippen LogP contribution in [0.1, 0.15) is 37.9 Å². The second-order valence-electron chi connectivity index (χ2n) is 6.31. The van der Waals surface area contributed by atoms with Crippen LogP contribution in [0.5, 0.6) is 0 Å². The molecule has 0 fully saturated rings. The largest absolute Gasteiger partial charge is 0.330 e. The molecule has 0 spiro atoms. The molecule has 0 heterocycles. The van der Waals surface area contributed by atoms with E-state index >= 15 is 0 Å². The smallest absolute Gasteiger partial charge is 0.282 e. The average Bonchev–Trinajstić information content (AvgIpc) is 2.60. The molecular weight excluding hydrogens is 298 g/mol. The molecule has 24 heavy (non-hydrogen) atoms. The molecule has 2 aromatic carbocycles. The van der Waals surface area contributed by atoms with Crippen molar-refractivity contribution in [3.63, 3.8) is 0 Å². The van der Waals surface area contributed by atoms with Gasteiger partial charge in [0.25, 0.3) is 5.91 Å². The number of benzene rings is 2. The van der Waals surface area contributed by atoms with E-state index in [1.54, 1.807) is 18.2 Å². The van der Waals surface area contributed by atoms with Gasteiger partial charge in [-0.15, -0.1) is 0 Å². The third-order valence-electron chi connectivity index (χ3n) is 4.12. The average molecular weight is 322 g/mol. The Morgan fingerprint density at radius 1 is 1.04 bits per heavy atom. The molecule has 3 N–H and O–H groups in total. The standard InChI is InChI=1S/C20H23N3O/c1-14(2)19(16-9-5-4-6-10-16)22-15(3)20(24)23-18-12-8-7-11-17(18)13-21/h4-12,14-15,19,22H,1-3H3,(H,23,24)/p+1/t15-,19-/m1/s1. The highest BCUT2D eigenvalue weighted by molar-refractivity contribution is 5.94. The lowest BCUT2D eigenvalue weighted by Gasteiger charge is -2.23. The number of quaternary nitrogens is 1. The normalized spacial score (nSPS) is 13.1. The van der Waals surface area contributed by atoms with Gasteiger partial charge < -0.3 is 10.6 Å². The number of anilines is 1. The number of hydrogen-bond donors (Lipinski definition) is 2. The quantitative estimate of drug-likeness (QED) is 0.858. The van der Waals surface area contributed by atoms with Crippen LogP contribution in [0.15, 0.2) is 54.6 Å². The highest BCUT2D eigenvalue weighted by Crippen LogP contribution is 2.18. The van der Waals surface area contributed by atoms with Gasteiger partial charge in [-0.25, -0.2) is 0 Å². The Kier molecular flexibility index (Phi) is 6.11. The van der Waals surface area contributed by atoms with Gasteiger partial charge in [0.15, 0.2) is 6.04 Å². The highest BCUT2D eigenvalue weighted by atomic mass is 16.2. The summed E-state index contributed by atoms with van der Waals surface area (Å²) in [7, 11) is 0. The van der Waals surface area contributed by atoms with E-state index in [0.717, 1.165) is 0 Å². The minimum atomic E-state index is -0.260. The summed E-state index contributed by atoms with van der Waals surface area (Å²) in [6.07, 6.45) is 0. The van der Waals surface area contributed by atoms with Crippen LogP contribution in [0.3, 0.4) is 0 Å². The molecule has 124 valence electrons. The Labute approximate surface area is 143 Å². The van der Waals surface area contributed by atoms with Crippen molar-refractivity contribution >= 4 is 11.6 Å². The third-order valence-corrected chi connectivity index (χ3v) is 4.12. The van der Waals surface area contributed by atoms with Gasteiger partial charge in [0, 0.05) is 11.5 Å². The number of amides is 1. The fourth-order valence-corrected chi connectivity index (χ4v) is 2.73. The molecule has 0 aromatic heterocycles. The van der Waals surface area contributed by atoms with Crippen LogP contribution in [0.25, 0.3) is 0 Å². The van der Waals surface area contributed by atoms with Crippen LogP contribution in [0.2, 0.25) is 0 Å². The molecule has 0 aliphatic heterocycles.